The summed E-state index contributed by atoms with van der Waals surface area (Å²) >= 11 is 0. The highest BCUT2D eigenvalue weighted by Gasteiger charge is 2.12. The summed E-state index contributed by atoms with van der Waals surface area (Å²) in [5.41, 5.74) is 3.53. The van der Waals surface area contributed by atoms with Crippen molar-refractivity contribution in [3.05, 3.63) is 54.1 Å². The summed E-state index contributed by atoms with van der Waals surface area (Å²) in [6.07, 6.45) is 0. The van der Waals surface area contributed by atoms with Crippen molar-refractivity contribution in [1.29, 1.82) is 0 Å². The molecular formula is C18H24N2O. The molecule has 0 spiro atoms. The summed E-state index contributed by atoms with van der Waals surface area (Å²) in [4.78, 5) is 2.18. The van der Waals surface area contributed by atoms with Gasteiger partial charge in [-0.1, -0.05) is 44.2 Å². The molecule has 0 saturated heterocycles. The molecule has 21 heavy (non-hydrogen) atoms. The van der Waals surface area contributed by atoms with Crippen LogP contribution in [0.25, 0.3) is 0 Å². The SMILES string of the molecule is COc1ccccc1N(C)c1ccccc1CNC(C)C. The molecule has 0 fully saturated rings. The van der Waals surface area contributed by atoms with Gasteiger partial charge < -0.3 is 15.0 Å². The van der Waals surface area contributed by atoms with Crippen LogP contribution in [0.2, 0.25) is 0 Å². The van der Waals surface area contributed by atoms with Crippen LogP contribution in [0.15, 0.2) is 48.5 Å². The van der Waals surface area contributed by atoms with Crippen LogP contribution >= 0.6 is 0 Å². The van der Waals surface area contributed by atoms with E-state index in [0.29, 0.717) is 6.04 Å². The lowest BCUT2D eigenvalue weighted by Gasteiger charge is -2.25. The number of hydrogen-bond donors (Lipinski definition) is 1. The summed E-state index contributed by atoms with van der Waals surface area (Å²) in [5.74, 6) is 0.881. The zero-order valence-corrected chi connectivity index (χ0v) is 13.3. The van der Waals surface area contributed by atoms with E-state index in [4.69, 9.17) is 4.74 Å². The Morgan fingerprint density at radius 1 is 1.00 bits per heavy atom. The monoisotopic (exact) mass is 284 g/mol. The highest BCUT2D eigenvalue weighted by atomic mass is 16.5. The third kappa shape index (κ3) is 3.76. The molecule has 0 aliphatic heterocycles. The van der Waals surface area contributed by atoms with Crippen LogP contribution in [-0.2, 0) is 6.54 Å². The molecule has 3 nitrogen and oxygen atoms in total. The molecule has 0 atom stereocenters. The second-order valence-corrected chi connectivity index (χ2v) is 5.40. The number of nitrogens with zero attached hydrogens (tertiary/aromatic N) is 1. The molecule has 0 aliphatic rings. The molecule has 1 N–H and O–H groups in total. The van der Waals surface area contributed by atoms with Crippen LogP contribution in [0.3, 0.4) is 0 Å². The summed E-state index contributed by atoms with van der Waals surface area (Å²) in [6.45, 7) is 5.17. The fraction of sp³-hybridized carbons (Fsp3) is 0.333. The molecule has 0 bridgehead atoms. The van der Waals surface area contributed by atoms with Gasteiger partial charge in [0.1, 0.15) is 5.75 Å². The smallest absolute Gasteiger partial charge is 0.142 e. The summed E-state index contributed by atoms with van der Waals surface area (Å²) in [6, 6.07) is 17.0. The van der Waals surface area contributed by atoms with Crippen molar-refractivity contribution in [3.63, 3.8) is 0 Å². The molecular weight excluding hydrogens is 260 g/mol. The van der Waals surface area contributed by atoms with Crippen molar-refractivity contribution in [2.45, 2.75) is 26.4 Å². The maximum atomic E-state index is 5.47. The van der Waals surface area contributed by atoms with Gasteiger partial charge in [0.05, 0.1) is 12.8 Å². The van der Waals surface area contributed by atoms with E-state index in [1.807, 2.05) is 18.2 Å². The zero-order valence-electron chi connectivity index (χ0n) is 13.3. The molecule has 0 aromatic heterocycles. The summed E-state index contributed by atoms with van der Waals surface area (Å²) in [5, 5.41) is 3.48. The lowest BCUT2D eigenvalue weighted by molar-refractivity contribution is 0.415. The van der Waals surface area contributed by atoms with Crippen molar-refractivity contribution < 1.29 is 4.74 Å². The number of methoxy groups -OCH3 is 1. The van der Waals surface area contributed by atoms with E-state index in [-0.39, 0.29) is 0 Å². The third-order valence-electron chi connectivity index (χ3n) is 3.50. The van der Waals surface area contributed by atoms with Gasteiger partial charge in [0, 0.05) is 25.3 Å². The first kappa shape index (κ1) is 15.4. The van der Waals surface area contributed by atoms with Gasteiger partial charge in [-0.25, -0.2) is 0 Å². The lowest BCUT2D eigenvalue weighted by Crippen LogP contribution is -2.23. The first-order valence-corrected chi connectivity index (χ1v) is 7.31. The Morgan fingerprint density at radius 2 is 1.62 bits per heavy atom. The van der Waals surface area contributed by atoms with E-state index in [9.17, 15) is 0 Å². The summed E-state index contributed by atoms with van der Waals surface area (Å²) < 4.78 is 5.47. The average Bonchev–Trinajstić information content (AvgIpc) is 2.52. The second-order valence-electron chi connectivity index (χ2n) is 5.40. The molecule has 112 valence electrons. The van der Waals surface area contributed by atoms with Gasteiger partial charge in [0.2, 0.25) is 0 Å². The average molecular weight is 284 g/mol. The van der Waals surface area contributed by atoms with Gasteiger partial charge in [-0.15, -0.1) is 0 Å². The molecule has 3 heteroatoms. The van der Waals surface area contributed by atoms with E-state index >= 15 is 0 Å². The predicted octanol–water partition coefficient (Wildman–Crippen LogP) is 3.96. The van der Waals surface area contributed by atoms with Gasteiger partial charge >= 0.3 is 0 Å². The number of para-hydroxylation sites is 3. The van der Waals surface area contributed by atoms with Crippen LogP contribution in [-0.4, -0.2) is 20.2 Å². The van der Waals surface area contributed by atoms with Crippen LogP contribution in [0, 0.1) is 0 Å². The van der Waals surface area contributed by atoms with Crippen molar-refractivity contribution >= 4 is 11.4 Å². The Balaban J connectivity index is 2.32. The van der Waals surface area contributed by atoms with E-state index in [1.165, 1.54) is 11.3 Å². The van der Waals surface area contributed by atoms with Crippen molar-refractivity contribution in [3.8, 4) is 5.75 Å². The molecule has 0 unspecified atom stereocenters. The first-order valence-electron chi connectivity index (χ1n) is 7.31. The molecule has 0 aliphatic carbocycles. The zero-order chi connectivity index (χ0) is 15.2. The molecule has 2 rings (SSSR count). The minimum absolute atomic E-state index is 0.467. The van der Waals surface area contributed by atoms with Crippen LogP contribution < -0.4 is 15.0 Å². The van der Waals surface area contributed by atoms with Crippen molar-refractivity contribution in [2.24, 2.45) is 0 Å². The minimum atomic E-state index is 0.467. The summed E-state index contributed by atoms with van der Waals surface area (Å²) in [7, 11) is 3.78. The quantitative estimate of drug-likeness (QED) is 0.869. The predicted molar refractivity (Wildman–Crippen MR) is 89.5 cm³/mol. The molecule has 2 aromatic carbocycles. The fourth-order valence-corrected chi connectivity index (χ4v) is 2.34. The number of hydrogen-bond acceptors (Lipinski definition) is 3. The lowest BCUT2D eigenvalue weighted by atomic mass is 10.1. The Hall–Kier alpha value is -2.00. The fourth-order valence-electron chi connectivity index (χ4n) is 2.34. The Labute approximate surface area is 127 Å². The Morgan fingerprint density at radius 3 is 2.29 bits per heavy atom. The second kappa shape index (κ2) is 7.14. The molecule has 0 heterocycles. The van der Waals surface area contributed by atoms with Crippen LogP contribution in [0.4, 0.5) is 11.4 Å². The number of benzene rings is 2. The van der Waals surface area contributed by atoms with Gasteiger partial charge in [0.25, 0.3) is 0 Å². The van der Waals surface area contributed by atoms with Gasteiger partial charge in [-0.05, 0) is 23.8 Å². The van der Waals surface area contributed by atoms with Gasteiger partial charge in [-0.2, -0.15) is 0 Å². The Bertz CT molecular complexity index is 581. The number of nitrogens with one attached hydrogen (secondary N) is 1. The number of ether oxygens (including phenoxy) is 1. The van der Waals surface area contributed by atoms with E-state index in [0.717, 1.165) is 18.0 Å². The maximum Gasteiger partial charge on any atom is 0.142 e. The number of anilines is 2. The minimum Gasteiger partial charge on any atom is -0.495 e. The molecule has 0 saturated carbocycles. The van der Waals surface area contributed by atoms with E-state index < -0.39 is 0 Å². The van der Waals surface area contributed by atoms with E-state index in [1.54, 1.807) is 7.11 Å². The number of rotatable bonds is 6. The highest BCUT2D eigenvalue weighted by Crippen LogP contribution is 2.33. The largest absolute Gasteiger partial charge is 0.495 e. The standard InChI is InChI=1S/C18H24N2O/c1-14(2)19-13-15-9-5-6-10-16(15)20(3)17-11-7-8-12-18(17)21-4/h5-12,14,19H,13H2,1-4H3. The first-order chi connectivity index (χ1) is 10.1. The van der Waals surface area contributed by atoms with Crippen LogP contribution in [0.1, 0.15) is 19.4 Å². The molecule has 2 aromatic rings. The van der Waals surface area contributed by atoms with Crippen molar-refractivity contribution in [1.82, 2.24) is 5.32 Å². The van der Waals surface area contributed by atoms with Gasteiger partial charge in [0.15, 0.2) is 0 Å². The third-order valence-corrected chi connectivity index (χ3v) is 3.50. The normalized spacial score (nSPS) is 10.7. The molecule has 0 radical (unpaired) electrons. The Kier molecular flexibility index (Phi) is 5.23. The molecule has 0 amide bonds. The van der Waals surface area contributed by atoms with E-state index in [2.05, 4.69) is 61.4 Å². The highest BCUT2D eigenvalue weighted by molar-refractivity contribution is 5.70. The van der Waals surface area contributed by atoms with Crippen molar-refractivity contribution in [2.75, 3.05) is 19.1 Å². The topological polar surface area (TPSA) is 24.5 Å². The van der Waals surface area contributed by atoms with Gasteiger partial charge in [-0.3, -0.25) is 0 Å². The maximum absolute atomic E-state index is 5.47. The van der Waals surface area contributed by atoms with Crippen LogP contribution in [0.5, 0.6) is 5.75 Å².